The summed E-state index contributed by atoms with van der Waals surface area (Å²) in [5.41, 5.74) is 0. The zero-order valence-corrected chi connectivity index (χ0v) is 9.28. The lowest BCUT2D eigenvalue weighted by molar-refractivity contribution is -0.153. The maximum absolute atomic E-state index is 11.7. The monoisotopic (exact) mass is 201 g/mol. The Labute approximate surface area is 84.9 Å². The molecule has 0 fully saturated rings. The van der Waals surface area contributed by atoms with Crippen LogP contribution in [-0.4, -0.2) is 35.0 Å². The molecule has 4 nitrogen and oxygen atoms in total. The lowest BCUT2D eigenvalue weighted by Crippen LogP contribution is -2.41. The lowest BCUT2D eigenvalue weighted by atomic mass is 9.94. The van der Waals surface area contributed by atoms with E-state index in [0.29, 0.717) is 13.1 Å². The fourth-order valence-electron chi connectivity index (χ4n) is 1.41. The number of carboxylic acid groups (broad SMARTS) is 1. The van der Waals surface area contributed by atoms with Crippen molar-refractivity contribution in [3.8, 4) is 0 Å². The van der Waals surface area contributed by atoms with E-state index in [-0.39, 0.29) is 11.8 Å². The van der Waals surface area contributed by atoms with Crippen LogP contribution in [0.2, 0.25) is 0 Å². The zero-order chi connectivity index (χ0) is 11.3. The fraction of sp³-hybridized carbons (Fsp3) is 0.800. The molecule has 0 rings (SSSR count). The molecule has 0 aliphatic rings. The summed E-state index contributed by atoms with van der Waals surface area (Å²) >= 11 is 0. The minimum Gasteiger partial charge on any atom is -0.481 e. The van der Waals surface area contributed by atoms with Gasteiger partial charge in [0.25, 0.3) is 0 Å². The molecule has 4 heteroatoms. The smallest absolute Gasteiger partial charge is 0.316 e. The summed E-state index contributed by atoms with van der Waals surface area (Å²) in [4.78, 5) is 24.2. The van der Waals surface area contributed by atoms with E-state index < -0.39 is 11.9 Å². The quantitative estimate of drug-likeness (QED) is 0.680. The van der Waals surface area contributed by atoms with Gasteiger partial charge >= 0.3 is 5.97 Å². The number of carbonyl (C=O) groups is 2. The van der Waals surface area contributed by atoms with Crippen LogP contribution in [0.15, 0.2) is 0 Å². The van der Waals surface area contributed by atoms with Crippen LogP contribution in [0.3, 0.4) is 0 Å². The molecule has 0 spiro atoms. The van der Waals surface area contributed by atoms with Crippen molar-refractivity contribution < 1.29 is 14.7 Å². The topological polar surface area (TPSA) is 57.6 Å². The fourth-order valence-corrected chi connectivity index (χ4v) is 1.41. The third-order valence-electron chi connectivity index (χ3n) is 2.27. The first-order chi connectivity index (χ1) is 6.45. The van der Waals surface area contributed by atoms with E-state index in [4.69, 9.17) is 5.11 Å². The number of nitrogens with zero attached hydrogens (tertiary/aromatic N) is 1. The van der Waals surface area contributed by atoms with Crippen LogP contribution >= 0.6 is 0 Å². The molecule has 0 aliphatic carbocycles. The van der Waals surface area contributed by atoms with Crippen LogP contribution in [0.1, 0.15) is 27.7 Å². The highest BCUT2D eigenvalue weighted by Crippen LogP contribution is 2.14. The molecule has 0 aliphatic heterocycles. The molecular weight excluding hydrogens is 182 g/mol. The summed E-state index contributed by atoms with van der Waals surface area (Å²) in [7, 11) is 0. The Morgan fingerprint density at radius 2 is 1.64 bits per heavy atom. The Hall–Kier alpha value is -1.06. The molecule has 0 saturated carbocycles. The predicted molar refractivity (Wildman–Crippen MR) is 53.9 cm³/mol. The molecule has 0 heterocycles. The number of amides is 1. The average Bonchev–Trinajstić information content (AvgIpc) is 2.04. The first kappa shape index (κ1) is 12.9. The highest BCUT2D eigenvalue weighted by atomic mass is 16.4. The molecule has 0 radical (unpaired) electrons. The maximum atomic E-state index is 11.7. The number of hydrogen-bond donors (Lipinski definition) is 1. The van der Waals surface area contributed by atoms with Crippen LogP contribution in [-0.2, 0) is 9.59 Å². The maximum Gasteiger partial charge on any atom is 0.316 e. The summed E-state index contributed by atoms with van der Waals surface area (Å²) in [5.74, 6) is -2.38. The van der Waals surface area contributed by atoms with Gasteiger partial charge in [0.15, 0.2) is 0 Å². The number of carbonyl (C=O) groups excluding carboxylic acids is 1. The van der Waals surface area contributed by atoms with Gasteiger partial charge < -0.3 is 10.0 Å². The highest BCUT2D eigenvalue weighted by Gasteiger charge is 2.31. The average molecular weight is 201 g/mol. The molecule has 0 aromatic carbocycles. The first-order valence-electron chi connectivity index (χ1n) is 4.97. The first-order valence-corrected chi connectivity index (χ1v) is 4.97. The molecule has 0 saturated heterocycles. The largest absolute Gasteiger partial charge is 0.481 e. The highest BCUT2D eigenvalue weighted by molar-refractivity contribution is 5.97. The Bertz CT molecular complexity index is 209. The number of rotatable bonds is 5. The van der Waals surface area contributed by atoms with Gasteiger partial charge in [-0.1, -0.05) is 13.8 Å². The van der Waals surface area contributed by atoms with Crippen molar-refractivity contribution in [3.05, 3.63) is 0 Å². The molecule has 1 amide bonds. The van der Waals surface area contributed by atoms with Crippen LogP contribution < -0.4 is 0 Å². The predicted octanol–water partition coefficient (Wildman–Crippen LogP) is 1.21. The van der Waals surface area contributed by atoms with Gasteiger partial charge in [0.2, 0.25) is 5.91 Å². The second-order valence-corrected chi connectivity index (χ2v) is 3.57. The SMILES string of the molecule is CCN(CC)C(=O)C(C(=O)O)C(C)C. The van der Waals surface area contributed by atoms with Gasteiger partial charge in [-0.05, 0) is 19.8 Å². The number of carboxylic acids is 1. The molecule has 1 unspecified atom stereocenters. The van der Waals surface area contributed by atoms with Crippen molar-refractivity contribution in [3.63, 3.8) is 0 Å². The summed E-state index contributed by atoms with van der Waals surface area (Å²) in [5, 5.41) is 8.91. The van der Waals surface area contributed by atoms with Crippen molar-refractivity contribution in [2.75, 3.05) is 13.1 Å². The van der Waals surface area contributed by atoms with E-state index in [0.717, 1.165) is 0 Å². The van der Waals surface area contributed by atoms with Gasteiger partial charge in [0, 0.05) is 13.1 Å². The molecule has 82 valence electrons. The summed E-state index contributed by atoms with van der Waals surface area (Å²) in [6, 6.07) is 0. The zero-order valence-electron chi connectivity index (χ0n) is 9.28. The molecular formula is C10H19NO3. The Balaban J connectivity index is 4.67. The Morgan fingerprint density at radius 1 is 1.21 bits per heavy atom. The van der Waals surface area contributed by atoms with Gasteiger partial charge in [-0.2, -0.15) is 0 Å². The van der Waals surface area contributed by atoms with Gasteiger partial charge in [0.1, 0.15) is 5.92 Å². The standard InChI is InChI=1S/C10H19NO3/c1-5-11(6-2)9(12)8(7(3)4)10(13)14/h7-8H,5-6H2,1-4H3,(H,13,14). The minimum atomic E-state index is -1.03. The van der Waals surface area contributed by atoms with E-state index in [1.54, 1.807) is 18.7 Å². The molecule has 1 atom stereocenters. The van der Waals surface area contributed by atoms with Crippen molar-refractivity contribution in [2.45, 2.75) is 27.7 Å². The van der Waals surface area contributed by atoms with Crippen LogP contribution in [0.5, 0.6) is 0 Å². The number of aliphatic carboxylic acids is 1. The second kappa shape index (κ2) is 5.62. The van der Waals surface area contributed by atoms with Gasteiger partial charge in [-0.15, -0.1) is 0 Å². The van der Waals surface area contributed by atoms with Crippen molar-refractivity contribution in [1.82, 2.24) is 4.90 Å². The van der Waals surface area contributed by atoms with E-state index in [1.165, 1.54) is 0 Å². The van der Waals surface area contributed by atoms with E-state index >= 15 is 0 Å². The molecule has 0 aromatic heterocycles. The third kappa shape index (κ3) is 3.01. The Morgan fingerprint density at radius 3 is 1.86 bits per heavy atom. The van der Waals surface area contributed by atoms with E-state index in [1.807, 2.05) is 13.8 Å². The van der Waals surface area contributed by atoms with Crippen LogP contribution in [0.25, 0.3) is 0 Å². The molecule has 0 aromatic rings. The van der Waals surface area contributed by atoms with E-state index in [2.05, 4.69) is 0 Å². The lowest BCUT2D eigenvalue weighted by Gasteiger charge is -2.24. The molecule has 1 N–H and O–H groups in total. The normalized spacial score (nSPS) is 12.6. The van der Waals surface area contributed by atoms with Gasteiger partial charge in [-0.25, -0.2) is 0 Å². The van der Waals surface area contributed by atoms with Gasteiger partial charge in [0.05, 0.1) is 0 Å². The van der Waals surface area contributed by atoms with E-state index in [9.17, 15) is 9.59 Å². The summed E-state index contributed by atoms with van der Waals surface area (Å²) in [6.45, 7) is 8.32. The minimum absolute atomic E-state index is 0.166. The second-order valence-electron chi connectivity index (χ2n) is 3.57. The third-order valence-corrected chi connectivity index (χ3v) is 2.27. The molecule has 14 heavy (non-hydrogen) atoms. The summed E-state index contributed by atoms with van der Waals surface area (Å²) < 4.78 is 0. The van der Waals surface area contributed by atoms with Crippen molar-refractivity contribution in [1.29, 1.82) is 0 Å². The van der Waals surface area contributed by atoms with Crippen LogP contribution in [0.4, 0.5) is 0 Å². The molecule has 0 bridgehead atoms. The Kier molecular flexibility index (Phi) is 5.20. The number of hydrogen-bond acceptors (Lipinski definition) is 2. The summed E-state index contributed by atoms with van der Waals surface area (Å²) in [6.07, 6.45) is 0. The van der Waals surface area contributed by atoms with Crippen molar-refractivity contribution >= 4 is 11.9 Å². The van der Waals surface area contributed by atoms with Crippen molar-refractivity contribution in [2.24, 2.45) is 11.8 Å². The van der Waals surface area contributed by atoms with Crippen LogP contribution in [0, 0.1) is 11.8 Å². The van der Waals surface area contributed by atoms with Gasteiger partial charge in [-0.3, -0.25) is 9.59 Å².